The van der Waals surface area contributed by atoms with Crippen molar-refractivity contribution in [2.45, 2.75) is 6.92 Å². The number of benzene rings is 2. The maximum absolute atomic E-state index is 12.3. The molecule has 0 spiro atoms. The summed E-state index contributed by atoms with van der Waals surface area (Å²) in [5.41, 5.74) is 0.232. The van der Waals surface area contributed by atoms with Gasteiger partial charge in [-0.3, -0.25) is 4.79 Å². The van der Waals surface area contributed by atoms with Crippen molar-refractivity contribution in [1.29, 1.82) is 0 Å². The molecule has 2 rings (SSSR count). The summed E-state index contributed by atoms with van der Waals surface area (Å²) < 4.78 is 4.77. The van der Waals surface area contributed by atoms with E-state index in [1.54, 1.807) is 6.92 Å². The minimum absolute atomic E-state index is 0.0515. The molecule has 4 N–H and O–H groups in total. The van der Waals surface area contributed by atoms with E-state index in [-0.39, 0.29) is 22.6 Å². The van der Waals surface area contributed by atoms with E-state index in [1.165, 1.54) is 19.2 Å². The van der Waals surface area contributed by atoms with Crippen LogP contribution in [0.15, 0.2) is 24.3 Å². The summed E-state index contributed by atoms with van der Waals surface area (Å²) in [6.45, 7) is 1.58. The Morgan fingerprint density at radius 3 is 2.10 bits per heavy atom. The highest BCUT2D eigenvalue weighted by molar-refractivity contribution is 6.11. The van der Waals surface area contributed by atoms with Crippen LogP contribution in [0.1, 0.15) is 21.5 Å². The van der Waals surface area contributed by atoms with Gasteiger partial charge in [0.15, 0.2) is 28.8 Å². The highest BCUT2D eigenvalue weighted by atomic mass is 16.5. The Morgan fingerprint density at radius 2 is 1.57 bits per heavy atom. The van der Waals surface area contributed by atoms with E-state index < -0.39 is 23.0 Å². The molecular formula is C15H14O6. The summed E-state index contributed by atoms with van der Waals surface area (Å²) in [4.78, 5) is 12.3. The van der Waals surface area contributed by atoms with Crippen molar-refractivity contribution in [2.24, 2.45) is 0 Å². The Kier molecular flexibility index (Phi) is 3.62. The highest BCUT2D eigenvalue weighted by Gasteiger charge is 2.20. The van der Waals surface area contributed by atoms with Crippen LogP contribution in [0.3, 0.4) is 0 Å². The number of carbonyl (C=O) groups excluding carboxylic acids is 1. The normalized spacial score (nSPS) is 10.4. The second-order valence-electron chi connectivity index (χ2n) is 4.50. The van der Waals surface area contributed by atoms with Gasteiger partial charge >= 0.3 is 0 Å². The van der Waals surface area contributed by atoms with Crippen LogP contribution < -0.4 is 4.74 Å². The molecule has 0 aliphatic rings. The van der Waals surface area contributed by atoms with Gasteiger partial charge in [-0.05, 0) is 30.7 Å². The summed E-state index contributed by atoms with van der Waals surface area (Å²) in [5.74, 6) is -2.55. The van der Waals surface area contributed by atoms with Crippen molar-refractivity contribution in [3.63, 3.8) is 0 Å². The summed E-state index contributed by atoms with van der Waals surface area (Å²) >= 11 is 0. The van der Waals surface area contributed by atoms with E-state index in [0.29, 0.717) is 5.56 Å². The predicted octanol–water partition coefficient (Wildman–Crippen LogP) is 2.06. The largest absolute Gasteiger partial charge is 0.504 e. The Balaban J connectivity index is 2.53. The molecule has 0 saturated carbocycles. The fourth-order valence-corrected chi connectivity index (χ4v) is 1.96. The van der Waals surface area contributed by atoms with Crippen molar-refractivity contribution in [1.82, 2.24) is 0 Å². The van der Waals surface area contributed by atoms with Gasteiger partial charge in [0.2, 0.25) is 5.75 Å². The minimum Gasteiger partial charge on any atom is -0.504 e. The van der Waals surface area contributed by atoms with Gasteiger partial charge in [-0.25, -0.2) is 0 Å². The number of rotatable bonds is 3. The second kappa shape index (κ2) is 5.24. The van der Waals surface area contributed by atoms with Crippen molar-refractivity contribution in [3.8, 4) is 28.7 Å². The molecule has 0 aromatic heterocycles. The first-order valence-electron chi connectivity index (χ1n) is 6.03. The number of ketones is 1. The zero-order chi connectivity index (χ0) is 15.7. The quantitative estimate of drug-likeness (QED) is 0.509. The number of aromatic hydroxyl groups is 4. The number of hydrogen-bond donors (Lipinski definition) is 4. The first-order chi connectivity index (χ1) is 9.86. The van der Waals surface area contributed by atoms with Crippen LogP contribution in [-0.2, 0) is 0 Å². The lowest BCUT2D eigenvalue weighted by Crippen LogP contribution is -2.02. The average molecular weight is 290 g/mol. The van der Waals surface area contributed by atoms with Gasteiger partial charge in [0.25, 0.3) is 0 Å². The fraction of sp³-hybridized carbons (Fsp3) is 0.133. The van der Waals surface area contributed by atoms with Crippen LogP contribution in [0.2, 0.25) is 0 Å². The maximum atomic E-state index is 12.3. The molecule has 0 atom stereocenters. The minimum atomic E-state index is -0.656. The monoisotopic (exact) mass is 290 g/mol. The fourth-order valence-electron chi connectivity index (χ4n) is 1.96. The number of phenolic OH excluding ortho intramolecular Hbond substituents is 4. The third kappa shape index (κ3) is 2.43. The Morgan fingerprint density at radius 1 is 1.00 bits per heavy atom. The molecular weight excluding hydrogens is 276 g/mol. The standard InChI is InChI=1S/C15H14O6/c1-7-3-4-9(14(20)12(7)18)13(19)8-5-10(16)15(21-2)11(17)6-8/h3-6,16-18,20H,1-2H3. The van der Waals surface area contributed by atoms with E-state index in [4.69, 9.17) is 4.74 Å². The molecule has 0 unspecified atom stereocenters. The Labute approximate surface area is 120 Å². The molecule has 0 aliphatic carbocycles. The molecule has 110 valence electrons. The van der Waals surface area contributed by atoms with Crippen molar-refractivity contribution in [3.05, 3.63) is 41.0 Å². The van der Waals surface area contributed by atoms with Crippen molar-refractivity contribution in [2.75, 3.05) is 7.11 Å². The smallest absolute Gasteiger partial charge is 0.202 e. The highest BCUT2D eigenvalue weighted by Crippen LogP contribution is 2.39. The van der Waals surface area contributed by atoms with E-state index >= 15 is 0 Å². The van der Waals surface area contributed by atoms with Gasteiger partial charge in [0.05, 0.1) is 12.7 Å². The molecule has 0 fully saturated rings. The lowest BCUT2D eigenvalue weighted by molar-refractivity contribution is 0.103. The summed E-state index contributed by atoms with van der Waals surface area (Å²) in [7, 11) is 1.26. The SMILES string of the molecule is COc1c(O)cc(C(=O)c2ccc(C)c(O)c2O)cc1O. The van der Waals surface area contributed by atoms with Gasteiger partial charge < -0.3 is 25.2 Å². The van der Waals surface area contributed by atoms with E-state index in [1.807, 2.05) is 0 Å². The molecule has 0 amide bonds. The molecule has 0 radical (unpaired) electrons. The summed E-state index contributed by atoms with van der Waals surface area (Å²) in [5, 5.41) is 38.9. The summed E-state index contributed by atoms with van der Waals surface area (Å²) in [6.07, 6.45) is 0. The molecule has 2 aromatic rings. The van der Waals surface area contributed by atoms with Crippen molar-refractivity contribution < 1.29 is 30.0 Å². The van der Waals surface area contributed by atoms with Gasteiger partial charge in [-0.15, -0.1) is 0 Å². The molecule has 0 bridgehead atoms. The average Bonchev–Trinajstić information content (AvgIpc) is 2.44. The lowest BCUT2D eigenvalue weighted by atomic mass is 9.99. The zero-order valence-corrected chi connectivity index (χ0v) is 11.4. The first-order valence-corrected chi connectivity index (χ1v) is 6.03. The predicted molar refractivity (Wildman–Crippen MR) is 74.3 cm³/mol. The van der Waals surface area contributed by atoms with Gasteiger partial charge in [0, 0.05) is 5.56 Å². The van der Waals surface area contributed by atoms with Gasteiger partial charge in [0.1, 0.15) is 0 Å². The van der Waals surface area contributed by atoms with Crippen LogP contribution in [0.4, 0.5) is 0 Å². The van der Waals surface area contributed by atoms with Gasteiger partial charge in [-0.1, -0.05) is 6.07 Å². The third-order valence-electron chi connectivity index (χ3n) is 3.11. The van der Waals surface area contributed by atoms with Crippen LogP contribution >= 0.6 is 0 Å². The number of phenols is 4. The van der Waals surface area contributed by atoms with Crippen LogP contribution in [-0.4, -0.2) is 33.3 Å². The summed E-state index contributed by atoms with van der Waals surface area (Å²) in [6, 6.07) is 5.05. The molecule has 0 heterocycles. The second-order valence-corrected chi connectivity index (χ2v) is 4.50. The van der Waals surface area contributed by atoms with Crippen LogP contribution in [0, 0.1) is 6.92 Å². The number of ether oxygens (including phenoxy) is 1. The molecule has 0 saturated heterocycles. The number of carbonyl (C=O) groups is 1. The van der Waals surface area contributed by atoms with E-state index in [2.05, 4.69) is 0 Å². The zero-order valence-electron chi connectivity index (χ0n) is 11.4. The first kappa shape index (κ1) is 14.5. The Hall–Kier alpha value is -2.89. The van der Waals surface area contributed by atoms with Gasteiger partial charge in [-0.2, -0.15) is 0 Å². The maximum Gasteiger partial charge on any atom is 0.202 e. The van der Waals surface area contributed by atoms with Crippen LogP contribution in [0.25, 0.3) is 0 Å². The molecule has 21 heavy (non-hydrogen) atoms. The number of aryl methyl sites for hydroxylation is 1. The van der Waals surface area contributed by atoms with E-state index in [0.717, 1.165) is 12.1 Å². The van der Waals surface area contributed by atoms with Crippen LogP contribution in [0.5, 0.6) is 28.7 Å². The molecule has 6 heteroatoms. The van der Waals surface area contributed by atoms with Crippen molar-refractivity contribution >= 4 is 5.78 Å². The third-order valence-corrected chi connectivity index (χ3v) is 3.11. The Bertz CT molecular complexity index is 697. The molecule has 0 aliphatic heterocycles. The number of hydrogen-bond acceptors (Lipinski definition) is 6. The topological polar surface area (TPSA) is 107 Å². The number of methoxy groups -OCH3 is 1. The van der Waals surface area contributed by atoms with E-state index in [9.17, 15) is 25.2 Å². The molecule has 2 aromatic carbocycles. The molecule has 6 nitrogen and oxygen atoms in total. The lowest BCUT2D eigenvalue weighted by Gasteiger charge is -2.10.